The molecular weight excluding hydrogens is 383 g/mol. The van der Waals surface area contributed by atoms with Gasteiger partial charge in [-0.15, -0.1) is 10.2 Å². The molecule has 1 N–H and O–H groups in total. The van der Waals surface area contributed by atoms with Crippen molar-refractivity contribution < 1.29 is 13.9 Å². The zero-order valence-electron chi connectivity index (χ0n) is 17.2. The second-order valence-corrected chi connectivity index (χ2v) is 7.68. The molecule has 0 spiro atoms. The largest absolute Gasteiger partial charge is 0.484 e. The molecule has 156 valence electrons. The molecule has 0 saturated carbocycles. The lowest BCUT2D eigenvalue weighted by atomic mass is 10.1. The summed E-state index contributed by atoms with van der Waals surface area (Å²) in [5.41, 5.74) is 3.09. The first-order valence-electron chi connectivity index (χ1n) is 10.2. The summed E-state index contributed by atoms with van der Waals surface area (Å²) in [4.78, 5) is 12.3. The van der Waals surface area contributed by atoms with Crippen LogP contribution in [-0.4, -0.2) is 27.3 Å². The summed E-state index contributed by atoms with van der Waals surface area (Å²) in [6.07, 6.45) is 4.06. The van der Waals surface area contributed by atoms with Crippen LogP contribution in [0, 0.1) is 19.7 Å². The van der Waals surface area contributed by atoms with E-state index >= 15 is 0 Å². The summed E-state index contributed by atoms with van der Waals surface area (Å²) in [6.45, 7) is 4.66. The Kier molecular flexibility index (Phi) is 5.79. The van der Waals surface area contributed by atoms with Crippen molar-refractivity contribution in [1.82, 2.24) is 14.8 Å². The molecule has 2 aromatic carbocycles. The minimum absolute atomic E-state index is 0.129. The van der Waals surface area contributed by atoms with Crippen LogP contribution in [0.3, 0.4) is 0 Å². The topological polar surface area (TPSA) is 69.0 Å². The number of nitrogens with zero attached hydrogens (tertiary/aromatic N) is 3. The summed E-state index contributed by atoms with van der Waals surface area (Å²) < 4.78 is 22.1. The van der Waals surface area contributed by atoms with Crippen LogP contribution in [0.15, 0.2) is 36.4 Å². The highest BCUT2D eigenvalue weighted by Crippen LogP contribution is 2.27. The standard InChI is InChI=1S/C23H25FN4O2/c1-15-7-9-18(12-16(15)2)30-14-22(29)25-17-8-10-20(24)19(13-17)23-27-26-21-6-4-3-5-11-28(21)23/h7-10,12-13H,3-6,11,14H2,1-2H3,(H,25,29). The van der Waals surface area contributed by atoms with Crippen LogP contribution in [0.2, 0.25) is 0 Å². The quantitative estimate of drug-likeness (QED) is 0.677. The number of aryl methyl sites for hydroxylation is 3. The molecule has 2 heterocycles. The number of ether oxygens (including phenoxy) is 1. The van der Waals surface area contributed by atoms with E-state index in [1.165, 1.54) is 12.1 Å². The number of halogens is 1. The molecule has 1 amide bonds. The number of fused-ring (bicyclic) bond motifs is 1. The Bertz CT molecular complexity index is 1080. The zero-order valence-corrected chi connectivity index (χ0v) is 17.2. The van der Waals surface area contributed by atoms with Gasteiger partial charge in [0.05, 0.1) is 5.56 Å². The van der Waals surface area contributed by atoms with Crippen molar-refractivity contribution in [2.75, 3.05) is 11.9 Å². The molecule has 0 fully saturated rings. The molecule has 0 unspecified atom stereocenters. The molecule has 0 aliphatic carbocycles. The maximum atomic E-state index is 14.6. The van der Waals surface area contributed by atoms with Gasteiger partial charge in [0, 0.05) is 18.7 Å². The molecule has 7 heteroatoms. The number of nitrogens with one attached hydrogen (secondary N) is 1. The van der Waals surface area contributed by atoms with Crippen molar-refractivity contribution in [2.24, 2.45) is 0 Å². The minimum atomic E-state index is -0.390. The second-order valence-electron chi connectivity index (χ2n) is 7.68. The number of rotatable bonds is 5. The smallest absolute Gasteiger partial charge is 0.262 e. The maximum Gasteiger partial charge on any atom is 0.262 e. The van der Waals surface area contributed by atoms with Crippen molar-refractivity contribution in [1.29, 1.82) is 0 Å². The lowest BCUT2D eigenvalue weighted by Crippen LogP contribution is -2.20. The van der Waals surface area contributed by atoms with Crippen LogP contribution < -0.4 is 10.1 Å². The number of carbonyl (C=O) groups is 1. The Morgan fingerprint density at radius 1 is 1.10 bits per heavy atom. The number of amides is 1. The highest BCUT2D eigenvalue weighted by molar-refractivity contribution is 5.92. The van der Waals surface area contributed by atoms with Gasteiger partial charge < -0.3 is 14.6 Å². The van der Waals surface area contributed by atoms with Gasteiger partial charge in [-0.05, 0) is 68.1 Å². The average Bonchev–Trinajstić information content (AvgIpc) is 2.98. The first-order valence-corrected chi connectivity index (χ1v) is 10.2. The first kappa shape index (κ1) is 20.1. The lowest BCUT2D eigenvalue weighted by molar-refractivity contribution is -0.118. The van der Waals surface area contributed by atoms with Gasteiger partial charge in [-0.3, -0.25) is 4.79 Å². The first-order chi connectivity index (χ1) is 14.5. The van der Waals surface area contributed by atoms with E-state index in [-0.39, 0.29) is 18.3 Å². The molecule has 3 aromatic rings. The molecule has 6 nitrogen and oxygen atoms in total. The van der Waals surface area contributed by atoms with Crippen LogP contribution in [0.1, 0.15) is 36.2 Å². The maximum absolute atomic E-state index is 14.6. The Labute approximate surface area is 175 Å². The molecular formula is C23H25FN4O2. The third-order valence-electron chi connectivity index (χ3n) is 5.45. The lowest BCUT2D eigenvalue weighted by Gasteiger charge is -2.11. The Morgan fingerprint density at radius 2 is 1.97 bits per heavy atom. The van der Waals surface area contributed by atoms with Crippen molar-refractivity contribution in [3.05, 3.63) is 59.2 Å². The third-order valence-corrected chi connectivity index (χ3v) is 5.45. The summed E-state index contributed by atoms with van der Waals surface area (Å²) in [5, 5.41) is 11.2. The number of benzene rings is 2. The molecule has 1 aromatic heterocycles. The molecule has 4 rings (SSSR count). The van der Waals surface area contributed by atoms with Crippen LogP contribution in [0.4, 0.5) is 10.1 Å². The van der Waals surface area contributed by atoms with E-state index in [9.17, 15) is 9.18 Å². The minimum Gasteiger partial charge on any atom is -0.484 e. The van der Waals surface area contributed by atoms with E-state index in [4.69, 9.17) is 4.74 Å². The van der Waals surface area contributed by atoms with Gasteiger partial charge in [0.2, 0.25) is 0 Å². The van der Waals surface area contributed by atoms with Gasteiger partial charge in [-0.25, -0.2) is 4.39 Å². The van der Waals surface area contributed by atoms with Crippen LogP contribution in [-0.2, 0) is 17.8 Å². The van der Waals surface area contributed by atoms with Crippen LogP contribution in [0.25, 0.3) is 11.4 Å². The van der Waals surface area contributed by atoms with E-state index < -0.39 is 0 Å². The van der Waals surface area contributed by atoms with E-state index in [0.717, 1.165) is 49.2 Å². The Balaban J connectivity index is 1.47. The van der Waals surface area contributed by atoms with Gasteiger partial charge in [-0.1, -0.05) is 12.5 Å². The molecule has 0 saturated heterocycles. The number of hydrogen-bond acceptors (Lipinski definition) is 4. The summed E-state index contributed by atoms with van der Waals surface area (Å²) in [5.74, 6) is 1.33. The molecule has 0 bridgehead atoms. The van der Waals surface area contributed by atoms with Gasteiger partial charge in [0.15, 0.2) is 12.4 Å². The number of anilines is 1. The number of carbonyl (C=O) groups excluding carboxylic acids is 1. The summed E-state index contributed by atoms with van der Waals surface area (Å²) in [6, 6.07) is 10.2. The summed E-state index contributed by atoms with van der Waals surface area (Å²) >= 11 is 0. The van der Waals surface area contributed by atoms with Crippen LogP contribution >= 0.6 is 0 Å². The van der Waals surface area contributed by atoms with Crippen molar-refractivity contribution in [3.8, 4) is 17.1 Å². The fraction of sp³-hybridized carbons (Fsp3) is 0.348. The van der Waals surface area contributed by atoms with E-state index in [1.54, 1.807) is 6.07 Å². The fourth-order valence-electron chi connectivity index (χ4n) is 3.61. The highest BCUT2D eigenvalue weighted by Gasteiger charge is 2.19. The van der Waals surface area contributed by atoms with Gasteiger partial charge in [-0.2, -0.15) is 0 Å². The normalized spacial score (nSPS) is 13.4. The predicted molar refractivity (Wildman–Crippen MR) is 113 cm³/mol. The number of aromatic nitrogens is 3. The average molecular weight is 408 g/mol. The molecule has 1 aliphatic rings. The van der Waals surface area contributed by atoms with Gasteiger partial charge in [0.1, 0.15) is 17.4 Å². The Hall–Kier alpha value is -3.22. The second kappa shape index (κ2) is 8.65. The van der Waals surface area contributed by atoms with Gasteiger partial charge in [0.25, 0.3) is 5.91 Å². The zero-order chi connectivity index (χ0) is 21.1. The van der Waals surface area contributed by atoms with Crippen molar-refractivity contribution in [3.63, 3.8) is 0 Å². The van der Waals surface area contributed by atoms with E-state index in [1.807, 2.05) is 36.6 Å². The highest BCUT2D eigenvalue weighted by atomic mass is 19.1. The summed E-state index contributed by atoms with van der Waals surface area (Å²) in [7, 11) is 0. The third kappa shape index (κ3) is 4.35. The fourth-order valence-corrected chi connectivity index (χ4v) is 3.61. The van der Waals surface area contributed by atoms with E-state index in [2.05, 4.69) is 15.5 Å². The molecule has 0 radical (unpaired) electrons. The Morgan fingerprint density at radius 3 is 2.80 bits per heavy atom. The van der Waals surface area contributed by atoms with Crippen molar-refractivity contribution in [2.45, 2.75) is 46.1 Å². The number of hydrogen-bond donors (Lipinski definition) is 1. The van der Waals surface area contributed by atoms with Gasteiger partial charge >= 0.3 is 0 Å². The van der Waals surface area contributed by atoms with Crippen molar-refractivity contribution >= 4 is 11.6 Å². The monoisotopic (exact) mass is 408 g/mol. The molecule has 30 heavy (non-hydrogen) atoms. The molecule has 1 aliphatic heterocycles. The predicted octanol–water partition coefficient (Wildman–Crippen LogP) is 4.44. The van der Waals surface area contributed by atoms with E-state index in [0.29, 0.717) is 22.8 Å². The molecule has 0 atom stereocenters. The SMILES string of the molecule is Cc1ccc(OCC(=O)Nc2ccc(F)c(-c3nnc4n3CCCCC4)c2)cc1C. The van der Waals surface area contributed by atoms with Crippen LogP contribution in [0.5, 0.6) is 5.75 Å².